The van der Waals surface area contributed by atoms with Gasteiger partial charge in [0, 0.05) is 19.2 Å². The fourth-order valence-corrected chi connectivity index (χ4v) is 4.54. The normalized spacial score (nSPS) is 18.3. The Kier molecular flexibility index (Phi) is 7.31. The maximum Gasteiger partial charge on any atom is 0.338 e. The molecule has 38 heavy (non-hydrogen) atoms. The van der Waals surface area contributed by atoms with Gasteiger partial charge in [-0.2, -0.15) is 5.26 Å². The summed E-state index contributed by atoms with van der Waals surface area (Å²) in [4.78, 5) is 32.5. The van der Waals surface area contributed by atoms with Crippen LogP contribution in [-0.2, 0) is 0 Å². The highest BCUT2D eigenvalue weighted by atomic mass is 35.5. The number of benzene rings is 1. The molecule has 1 aliphatic heterocycles. The molecule has 200 valence electrons. The highest BCUT2D eigenvalue weighted by Gasteiger charge is 2.46. The van der Waals surface area contributed by atoms with E-state index in [2.05, 4.69) is 4.98 Å². The molecular weight excluding hydrogens is 537 g/mol. The van der Waals surface area contributed by atoms with Gasteiger partial charge in [-0.3, -0.25) is 14.3 Å². The summed E-state index contributed by atoms with van der Waals surface area (Å²) in [5.74, 6) is -1.61. The molecule has 1 aliphatic rings. The summed E-state index contributed by atoms with van der Waals surface area (Å²) in [6, 6.07) is 4.20. The van der Waals surface area contributed by atoms with Crippen LogP contribution < -0.4 is 16.1 Å². The second-order valence-electron chi connectivity index (χ2n) is 8.77. The second kappa shape index (κ2) is 10.2. The summed E-state index contributed by atoms with van der Waals surface area (Å²) >= 11 is 5.98. The van der Waals surface area contributed by atoms with Gasteiger partial charge in [-0.25, -0.2) is 31.3 Å². The van der Waals surface area contributed by atoms with Crippen LogP contribution in [0.25, 0.3) is 16.8 Å². The van der Waals surface area contributed by atoms with Gasteiger partial charge in [0.1, 0.15) is 23.3 Å². The summed E-state index contributed by atoms with van der Waals surface area (Å²) in [7, 11) is 0. The van der Waals surface area contributed by atoms with Crippen molar-refractivity contribution in [2.24, 2.45) is 0 Å². The number of alkyl halides is 4. The fraction of sp³-hybridized carbons (Fsp3) is 0.333. The number of halogens is 6. The van der Waals surface area contributed by atoms with E-state index in [0.717, 1.165) is 21.7 Å². The molecule has 4 rings (SSSR count). The minimum Gasteiger partial charge on any atom is -0.382 e. The minimum absolute atomic E-state index is 0.0441. The van der Waals surface area contributed by atoms with E-state index in [1.165, 1.54) is 19.2 Å². The van der Waals surface area contributed by atoms with Gasteiger partial charge >= 0.3 is 5.69 Å². The molecule has 0 bridgehead atoms. The van der Waals surface area contributed by atoms with Crippen LogP contribution in [0.3, 0.4) is 0 Å². The van der Waals surface area contributed by atoms with E-state index in [1.54, 1.807) is 0 Å². The number of β-amino-alcohol motifs (C(OH)–C–C–N with tert-alkyl or cyclic N) is 1. The molecule has 1 aromatic carbocycles. The molecule has 0 saturated carbocycles. The number of hydrogen-bond acceptors (Lipinski definition) is 6. The SMILES string of the molecule is C[C@@H](C#N)n1c(N2CC[C@@](O)(C(F)F)C2)c(-c2ccc(F)c(C(F)F)c2)c(=O)n(-c2cncc(Cl)c2)c1=O. The molecule has 2 atom stereocenters. The first-order chi connectivity index (χ1) is 17.9. The maximum absolute atomic E-state index is 14.1. The summed E-state index contributed by atoms with van der Waals surface area (Å²) in [6.45, 7) is 0.293. The molecule has 8 nitrogen and oxygen atoms in total. The lowest BCUT2D eigenvalue weighted by Gasteiger charge is -2.29. The van der Waals surface area contributed by atoms with Crippen LogP contribution in [0.5, 0.6) is 0 Å². The lowest BCUT2D eigenvalue weighted by Crippen LogP contribution is -2.46. The molecule has 3 aromatic rings. The maximum atomic E-state index is 14.1. The Morgan fingerprint density at radius 1 is 1.18 bits per heavy atom. The number of aromatic nitrogens is 3. The van der Waals surface area contributed by atoms with Crippen LogP contribution in [0, 0.1) is 17.1 Å². The van der Waals surface area contributed by atoms with E-state index in [9.17, 15) is 41.9 Å². The molecule has 1 N–H and O–H groups in total. The quantitative estimate of drug-likeness (QED) is 0.460. The first-order valence-electron chi connectivity index (χ1n) is 11.1. The number of nitrogens with zero attached hydrogens (tertiary/aromatic N) is 5. The van der Waals surface area contributed by atoms with E-state index in [4.69, 9.17) is 11.6 Å². The number of rotatable bonds is 6. The molecule has 0 aliphatic carbocycles. The van der Waals surface area contributed by atoms with E-state index in [0.29, 0.717) is 16.7 Å². The Labute approximate surface area is 216 Å². The van der Waals surface area contributed by atoms with Crippen molar-refractivity contribution in [2.45, 2.75) is 37.8 Å². The molecule has 1 saturated heterocycles. The highest BCUT2D eigenvalue weighted by molar-refractivity contribution is 6.30. The Balaban J connectivity index is 2.15. The van der Waals surface area contributed by atoms with Gasteiger partial charge < -0.3 is 10.0 Å². The molecule has 0 radical (unpaired) electrons. The number of nitriles is 1. The summed E-state index contributed by atoms with van der Waals surface area (Å²) < 4.78 is 69.9. The third kappa shape index (κ3) is 4.65. The van der Waals surface area contributed by atoms with Crippen molar-refractivity contribution in [3.8, 4) is 22.9 Å². The van der Waals surface area contributed by atoms with Crippen LogP contribution in [0.2, 0.25) is 5.02 Å². The van der Waals surface area contributed by atoms with Crippen molar-refractivity contribution in [1.29, 1.82) is 5.26 Å². The number of hydrogen-bond donors (Lipinski definition) is 1. The topological polar surface area (TPSA) is 104 Å². The Morgan fingerprint density at radius 2 is 1.89 bits per heavy atom. The Morgan fingerprint density at radius 3 is 2.47 bits per heavy atom. The van der Waals surface area contributed by atoms with Crippen LogP contribution >= 0.6 is 11.6 Å². The smallest absolute Gasteiger partial charge is 0.338 e. The predicted octanol–water partition coefficient (Wildman–Crippen LogP) is 4.08. The molecule has 2 aromatic heterocycles. The van der Waals surface area contributed by atoms with Gasteiger partial charge in [0.05, 0.1) is 40.6 Å². The molecule has 0 unspecified atom stereocenters. The number of pyridine rings is 1. The fourth-order valence-electron chi connectivity index (χ4n) is 4.38. The van der Waals surface area contributed by atoms with Gasteiger partial charge in [0.2, 0.25) is 0 Å². The summed E-state index contributed by atoms with van der Waals surface area (Å²) in [6.07, 6.45) is -4.55. The first kappa shape index (κ1) is 27.3. The molecule has 0 spiro atoms. The predicted molar refractivity (Wildman–Crippen MR) is 128 cm³/mol. The van der Waals surface area contributed by atoms with Gasteiger partial charge in [-0.15, -0.1) is 0 Å². The Hall–Kier alpha value is -3.76. The molecule has 1 fully saturated rings. The first-order valence-corrected chi connectivity index (χ1v) is 11.5. The van der Waals surface area contributed by atoms with Gasteiger partial charge in [-0.1, -0.05) is 17.7 Å². The van der Waals surface area contributed by atoms with Crippen LogP contribution in [0.1, 0.15) is 31.4 Å². The highest BCUT2D eigenvalue weighted by Crippen LogP contribution is 2.37. The van der Waals surface area contributed by atoms with Gasteiger partial charge in [0.25, 0.3) is 18.4 Å². The molecule has 0 amide bonds. The molecular formula is C24H19ClF5N5O3. The Bertz CT molecular complexity index is 1550. The van der Waals surface area contributed by atoms with Crippen molar-refractivity contribution >= 4 is 17.4 Å². The van der Waals surface area contributed by atoms with Crippen molar-refractivity contribution in [2.75, 3.05) is 18.0 Å². The summed E-state index contributed by atoms with van der Waals surface area (Å²) in [5.41, 5.74) is -6.55. The minimum atomic E-state index is -3.27. The monoisotopic (exact) mass is 555 g/mol. The van der Waals surface area contributed by atoms with Gasteiger partial charge in [-0.05, 0) is 30.7 Å². The van der Waals surface area contributed by atoms with E-state index >= 15 is 0 Å². The number of aliphatic hydroxyl groups is 1. The lowest BCUT2D eigenvalue weighted by molar-refractivity contribution is -0.0801. The van der Waals surface area contributed by atoms with Gasteiger partial charge in [0.15, 0.2) is 0 Å². The largest absolute Gasteiger partial charge is 0.382 e. The van der Waals surface area contributed by atoms with Crippen LogP contribution in [0.15, 0.2) is 46.2 Å². The van der Waals surface area contributed by atoms with E-state index < -0.39 is 65.7 Å². The molecule has 14 heteroatoms. The van der Waals surface area contributed by atoms with E-state index in [1.807, 2.05) is 6.07 Å². The average Bonchev–Trinajstić information content (AvgIpc) is 3.27. The van der Waals surface area contributed by atoms with Crippen molar-refractivity contribution in [1.82, 2.24) is 14.1 Å². The lowest BCUT2D eigenvalue weighted by atomic mass is 10.0. The zero-order valence-corrected chi connectivity index (χ0v) is 20.3. The van der Waals surface area contributed by atoms with Crippen molar-refractivity contribution < 1.29 is 27.1 Å². The second-order valence-corrected chi connectivity index (χ2v) is 9.21. The van der Waals surface area contributed by atoms with Crippen molar-refractivity contribution in [3.05, 3.63) is 73.9 Å². The van der Waals surface area contributed by atoms with Crippen molar-refractivity contribution in [3.63, 3.8) is 0 Å². The molecule has 3 heterocycles. The number of anilines is 1. The standard InChI is InChI=1S/C24H19ClF5N5O3/c1-12(8-31)34-20(33-5-4-24(38,11-33)22(29)30)18(13-2-3-17(26)16(6-13)19(27)28)21(36)35(23(34)37)15-7-14(25)9-32-10-15/h2-3,6-7,9-10,12,19,22,38H,4-5,11H2,1H3/t12-,24-/m0/s1. The zero-order chi connectivity index (χ0) is 27.9. The summed E-state index contributed by atoms with van der Waals surface area (Å²) in [5, 5.41) is 20.1. The van der Waals surface area contributed by atoms with Crippen LogP contribution in [0.4, 0.5) is 27.8 Å². The van der Waals surface area contributed by atoms with Crippen LogP contribution in [-0.4, -0.2) is 44.3 Å². The third-order valence-electron chi connectivity index (χ3n) is 6.29. The third-order valence-corrected chi connectivity index (χ3v) is 6.50. The zero-order valence-electron chi connectivity index (χ0n) is 19.6. The van der Waals surface area contributed by atoms with E-state index in [-0.39, 0.29) is 28.6 Å². The average molecular weight is 556 g/mol.